The Balaban J connectivity index is 0.00000722. The molecule has 7 nitrogen and oxygen atoms in total. The molecule has 0 saturated heterocycles. The fourth-order valence-electron chi connectivity index (χ4n) is 3.47. The maximum atomic E-state index is 11.4. The first kappa shape index (κ1) is 32.6. The van der Waals surface area contributed by atoms with Gasteiger partial charge < -0.3 is 24.4 Å². The van der Waals surface area contributed by atoms with E-state index in [9.17, 15) is 19.8 Å². The van der Waals surface area contributed by atoms with Gasteiger partial charge in [0.15, 0.2) is 0 Å². The summed E-state index contributed by atoms with van der Waals surface area (Å²) >= 11 is 0. The van der Waals surface area contributed by atoms with Crippen molar-refractivity contribution < 1.29 is 34.0 Å². The zero-order valence-corrected chi connectivity index (χ0v) is 22.2. The molecule has 0 bridgehead atoms. The zero-order chi connectivity index (χ0) is 27.6. The van der Waals surface area contributed by atoms with Gasteiger partial charge in [0, 0.05) is 16.6 Å². The fourth-order valence-corrected chi connectivity index (χ4v) is 3.47. The Kier molecular flexibility index (Phi) is 13.0. The number of carbonyl (C=O) groups excluding carboxylic acids is 2. The Bertz CT molecular complexity index is 983. The van der Waals surface area contributed by atoms with Crippen LogP contribution in [0.15, 0.2) is 72.8 Å². The molecular formula is C31H42O7. The second kappa shape index (κ2) is 15.1. The largest absolute Gasteiger partial charge is 0.491 e. The average Bonchev–Trinajstić information content (AvgIpc) is 2.88. The number of aliphatic hydroxyl groups excluding tert-OH is 2. The van der Waals surface area contributed by atoms with Gasteiger partial charge in [0.1, 0.15) is 31.7 Å². The number of carbonyl (C=O) groups is 2. The lowest BCUT2D eigenvalue weighted by Gasteiger charge is -2.26. The highest BCUT2D eigenvalue weighted by atomic mass is 16.6. The third-order valence-corrected chi connectivity index (χ3v) is 5.97. The van der Waals surface area contributed by atoms with E-state index in [0.717, 1.165) is 16.7 Å². The maximum Gasteiger partial charge on any atom is 0.333 e. The van der Waals surface area contributed by atoms with Crippen molar-refractivity contribution in [2.75, 3.05) is 19.8 Å². The fraction of sp³-hybridized carbons (Fsp3) is 0.419. The van der Waals surface area contributed by atoms with Crippen LogP contribution in [0.5, 0.6) is 5.75 Å². The van der Waals surface area contributed by atoms with E-state index in [1.165, 1.54) is 0 Å². The van der Waals surface area contributed by atoms with Crippen LogP contribution in [-0.2, 0) is 30.9 Å². The van der Waals surface area contributed by atoms with Crippen LogP contribution >= 0.6 is 0 Å². The van der Waals surface area contributed by atoms with E-state index in [1.54, 1.807) is 13.8 Å². The molecule has 0 amide bonds. The van der Waals surface area contributed by atoms with Crippen LogP contribution in [0, 0.1) is 0 Å². The van der Waals surface area contributed by atoms with Gasteiger partial charge in [-0.15, -0.1) is 0 Å². The predicted molar refractivity (Wildman–Crippen MR) is 149 cm³/mol. The van der Waals surface area contributed by atoms with Crippen LogP contribution in [-0.4, -0.2) is 54.2 Å². The quantitative estimate of drug-likeness (QED) is 0.266. The predicted octanol–water partition coefficient (Wildman–Crippen LogP) is 4.92. The van der Waals surface area contributed by atoms with Gasteiger partial charge in [0.05, 0.1) is 6.10 Å². The van der Waals surface area contributed by atoms with Gasteiger partial charge in [-0.3, -0.25) is 0 Å². The van der Waals surface area contributed by atoms with Crippen LogP contribution < -0.4 is 4.74 Å². The number of aliphatic hydroxyl groups is 2. The standard InChI is InChI=1S/C30H38O7.CH4/c1-20(2)28(33)36-17-25(31)14-9-22-7-10-23(11-8-22)30(5,6)24-12-15-27(16-13-24)35-18-26(32)19-37-29(34)21(3)4;/h7-8,10-13,15-16,25-26,31-32H,1,3,9,14,17-19H2,2,4-6H3;1H4. The number of ether oxygens (including phenoxy) is 3. The highest BCUT2D eigenvalue weighted by Crippen LogP contribution is 2.32. The van der Waals surface area contributed by atoms with Crippen molar-refractivity contribution >= 4 is 11.9 Å². The van der Waals surface area contributed by atoms with Crippen molar-refractivity contribution in [1.29, 1.82) is 0 Å². The minimum Gasteiger partial charge on any atom is -0.491 e. The summed E-state index contributed by atoms with van der Waals surface area (Å²) < 4.78 is 15.5. The molecule has 2 aromatic rings. The second-order valence-electron chi connectivity index (χ2n) is 9.76. The summed E-state index contributed by atoms with van der Waals surface area (Å²) in [6.07, 6.45) is -0.520. The Morgan fingerprint density at radius 3 is 1.71 bits per heavy atom. The van der Waals surface area contributed by atoms with Crippen LogP contribution in [0.1, 0.15) is 58.2 Å². The molecule has 2 atom stereocenters. The van der Waals surface area contributed by atoms with Crippen molar-refractivity contribution in [1.82, 2.24) is 0 Å². The van der Waals surface area contributed by atoms with Gasteiger partial charge in [0.2, 0.25) is 0 Å². The molecule has 0 radical (unpaired) electrons. The van der Waals surface area contributed by atoms with Gasteiger partial charge in [0.25, 0.3) is 0 Å². The minimum absolute atomic E-state index is 0. The molecule has 0 aliphatic heterocycles. The molecule has 0 fully saturated rings. The second-order valence-corrected chi connectivity index (χ2v) is 9.76. The lowest BCUT2D eigenvalue weighted by molar-refractivity contribution is -0.142. The number of hydrogen-bond donors (Lipinski definition) is 2. The van der Waals surface area contributed by atoms with E-state index in [0.29, 0.717) is 24.2 Å². The van der Waals surface area contributed by atoms with Crippen LogP contribution in [0.3, 0.4) is 0 Å². The van der Waals surface area contributed by atoms with E-state index in [4.69, 9.17) is 14.2 Å². The molecule has 0 aliphatic rings. The van der Waals surface area contributed by atoms with Crippen molar-refractivity contribution in [3.63, 3.8) is 0 Å². The molecule has 208 valence electrons. The first-order valence-electron chi connectivity index (χ1n) is 12.2. The topological polar surface area (TPSA) is 102 Å². The van der Waals surface area contributed by atoms with E-state index in [2.05, 4.69) is 39.1 Å². The molecule has 38 heavy (non-hydrogen) atoms. The molecule has 2 unspecified atom stereocenters. The van der Waals surface area contributed by atoms with Crippen LogP contribution in [0.4, 0.5) is 0 Å². The molecular weight excluding hydrogens is 484 g/mol. The van der Waals surface area contributed by atoms with Crippen molar-refractivity contribution in [3.05, 3.63) is 89.5 Å². The minimum atomic E-state index is -0.939. The Morgan fingerprint density at radius 2 is 1.24 bits per heavy atom. The molecule has 7 heteroatoms. The number of aryl methyl sites for hydroxylation is 1. The van der Waals surface area contributed by atoms with Gasteiger partial charge in [-0.2, -0.15) is 0 Å². The summed E-state index contributed by atoms with van der Waals surface area (Å²) in [4.78, 5) is 22.9. The normalized spacial score (nSPS) is 12.5. The number of benzene rings is 2. The van der Waals surface area contributed by atoms with Gasteiger partial charge in [-0.05, 0) is 55.5 Å². The summed E-state index contributed by atoms with van der Waals surface area (Å²) in [6, 6.07) is 15.9. The highest BCUT2D eigenvalue weighted by molar-refractivity contribution is 5.87. The summed E-state index contributed by atoms with van der Waals surface area (Å²) in [5.74, 6) is -0.435. The lowest BCUT2D eigenvalue weighted by atomic mass is 9.78. The summed E-state index contributed by atoms with van der Waals surface area (Å²) in [6.45, 7) is 14.2. The van der Waals surface area contributed by atoms with Gasteiger partial charge in [-0.1, -0.05) is 70.8 Å². The Hall–Kier alpha value is -3.42. The van der Waals surface area contributed by atoms with Crippen LogP contribution in [0.2, 0.25) is 0 Å². The first-order chi connectivity index (χ1) is 17.4. The van der Waals surface area contributed by atoms with E-state index in [-0.39, 0.29) is 38.2 Å². The smallest absolute Gasteiger partial charge is 0.333 e. The average molecular weight is 527 g/mol. The molecule has 0 aliphatic carbocycles. The Labute approximate surface area is 226 Å². The molecule has 0 saturated carbocycles. The van der Waals surface area contributed by atoms with Crippen LogP contribution in [0.25, 0.3) is 0 Å². The number of rotatable bonds is 14. The van der Waals surface area contributed by atoms with E-state index < -0.39 is 24.1 Å². The molecule has 0 aromatic heterocycles. The van der Waals surface area contributed by atoms with Crippen molar-refractivity contribution in [3.8, 4) is 5.75 Å². The molecule has 0 heterocycles. The lowest BCUT2D eigenvalue weighted by Crippen LogP contribution is -2.25. The maximum absolute atomic E-state index is 11.4. The zero-order valence-electron chi connectivity index (χ0n) is 22.2. The van der Waals surface area contributed by atoms with E-state index >= 15 is 0 Å². The molecule has 0 spiro atoms. The molecule has 2 N–H and O–H groups in total. The third kappa shape index (κ3) is 10.1. The molecule has 2 rings (SSSR count). The number of hydrogen-bond acceptors (Lipinski definition) is 7. The first-order valence-corrected chi connectivity index (χ1v) is 12.2. The SMILES string of the molecule is C.C=C(C)C(=O)OCC(O)CCc1ccc(C(C)(C)c2ccc(OCC(O)COC(=O)C(=C)C)cc2)cc1. The summed E-state index contributed by atoms with van der Waals surface area (Å²) in [7, 11) is 0. The van der Waals surface area contributed by atoms with E-state index in [1.807, 2.05) is 36.4 Å². The highest BCUT2D eigenvalue weighted by Gasteiger charge is 2.23. The Morgan fingerprint density at radius 1 is 0.789 bits per heavy atom. The summed E-state index contributed by atoms with van der Waals surface area (Å²) in [5, 5.41) is 20.0. The summed E-state index contributed by atoms with van der Waals surface area (Å²) in [5.41, 5.74) is 3.64. The third-order valence-electron chi connectivity index (χ3n) is 5.97. The van der Waals surface area contributed by atoms with Gasteiger partial charge in [-0.25, -0.2) is 9.59 Å². The monoisotopic (exact) mass is 526 g/mol. The van der Waals surface area contributed by atoms with Crippen molar-refractivity contribution in [2.45, 2.75) is 65.6 Å². The van der Waals surface area contributed by atoms with Crippen molar-refractivity contribution in [2.24, 2.45) is 0 Å². The number of esters is 2. The molecule has 2 aromatic carbocycles. The van der Waals surface area contributed by atoms with Gasteiger partial charge >= 0.3 is 11.9 Å².